The minimum atomic E-state index is 0. The van der Waals surface area contributed by atoms with Crippen molar-refractivity contribution in [2.24, 2.45) is 0 Å². The topological polar surface area (TPSA) is 42.0 Å². The molecule has 0 aliphatic heterocycles. The third-order valence-electron chi connectivity index (χ3n) is 2.57. The Morgan fingerprint density at radius 2 is 2.19 bits per heavy atom. The van der Waals surface area contributed by atoms with E-state index in [0.29, 0.717) is 6.42 Å². The lowest BCUT2D eigenvalue weighted by atomic mass is 10.0. The molecule has 3 nitrogen and oxygen atoms in total. The minimum Gasteiger partial charge on any atom is -0.302 e. The van der Waals surface area contributed by atoms with Gasteiger partial charge in [-0.3, -0.25) is 4.79 Å². The summed E-state index contributed by atoms with van der Waals surface area (Å²) < 4.78 is 0. The second-order valence-electron chi connectivity index (χ2n) is 3.89. The fourth-order valence-corrected chi connectivity index (χ4v) is 2.88. The molecule has 0 bridgehead atoms. The molecule has 1 aliphatic carbocycles. The van der Waals surface area contributed by atoms with Gasteiger partial charge < -0.3 is 5.32 Å². The maximum absolute atomic E-state index is 11.4. The number of hydrogen-bond donors (Lipinski definition) is 1. The quantitative estimate of drug-likeness (QED) is 0.907. The summed E-state index contributed by atoms with van der Waals surface area (Å²) in [6.07, 6.45) is 6.18. The molecule has 1 N–H and O–H groups in total. The van der Waals surface area contributed by atoms with Crippen molar-refractivity contribution < 1.29 is 4.79 Å². The number of fused-ring (bicyclic) bond motifs is 1. The number of anilines is 1. The smallest absolute Gasteiger partial charge is 0.226 e. The molecule has 0 atom stereocenters. The number of carbonyl (C=O) groups excluding carboxylic acids is 1. The third-order valence-corrected chi connectivity index (χ3v) is 3.64. The summed E-state index contributed by atoms with van der Waals surface area (Å²) in [6.45, 7) is 2.01. The van der Waals surface area contributed by atoms with Crippen molar-refractivity contribution in [3.63, 3.8) is 0 Å². The van der Waals surface area contributed by atoms with Crippen molar-refractivity contribution in [3.05, 3.63) is 10.6 Å². The average Bonchev–Trinajstić information content (AvgIpc) is 2.59. The summed E-state index contributed by atoms with van der Waals surface area (Å²) in [4.78, 5) is 17.2. The van der Waals surface area contributed by atoms with Gasteiger partial charge in [0.1, 0.15) is 0 Å². The first-order valence-corrected chi connectivity index (χ1v) is 6.39. The van der Waals surface area contributed by atoms with E-state index >= 15 is 0 Å². The van der Waals surface area contributed by atoms with Gasteiger partial charge >= 0.3 is 0 Å². The van der Waals surface area contributed by atoms with Crippen LogP contribution in [-0.2, 0) is 17.6 Å². The first kappa shape index (κ1) is 13.5. The Morgan fingerprint density at radius 1 is 1.44 bits per heavy atom. The Kier molecular flexibility index (Phi) is 5.22. The van der Waals surface area contributed by atoms with E-state index in [-0.39, 0.29) is 18.3 Å². The lowest BCUT2D eigenvalue weighted by molar-refractivity contribution is -0.116. The highest BCUT2D eigenvalue weighted by atomic mass is 35.5. The highest BCUT2D eigenvalue weighted by Gasteiger charge is 2.15. The van der Waals surface area contributed by atoms with Crippen molar-refractivity contribution in [2.75, 3.05) is 5.32 Å². The zero-order valence-electron chi connectivity index (χ0n) is 9.41. The van der Waals surface area contributed by atoms with Crippen LogP contribution in [0, 0.1) is 0 Å². The molecule has 0 radical (unpaired) electrons. The number of nitrogens with zero attached hydrogens (tertiary/aromatic N) is 1. The molecular weight excluding hydrogens is 244 g/mol. The predicted molar refractivity (Wildman–Crippen MR) is 69.5 cm³/mol. The van der Waals surface area contributed by atoms with Crippen LogP contribution >= 0.6 is 23.7 Å². The first-order valence-electron chi connectivity index (χ1n) is 5.58. The number of thiazole rings is 1. The number of halogens is 1. The number of nitrogens with one attached hydrogen (secondary N) is 1. The van der Waals surface area contributed by atoms with E-state index in [1.54, 1.807) is 11.3 Å². The fraction of sp³-hybridized carbons (Fsp3) is 0.636. The second-order valence-corrected chi connectivity index (χ2v) is 4.98. The van der Waals surface area contributed by atoms with Crippen LogP contribution in [-0.4, -0.2) is 10.9 Å². The average molecular weight is 261 g/mol. The van der Waals surface area contributed by atoms with E-state index in [2.05, 4.69) is 10.3 Å². The molecule has 1 aromatic rings. The van der Waals surface area contributed by atoms with Crippen LogP contribution in [0.2, 0.25) is 0 Å². The summed E-state index contributed by atoms with van der Waals surface area (Å²) in [5.41, 5.74) is 1.21. The first-order chi connectivity index (χ1) is 7.29. The molecule has 2 rings (SSSR count). The standard InChI is InChI=1S/C11H16N2OS.ClH/c1-2-5-10(14)13-11-12-8-6-3-4-7-9(8)15-11;/h2-7H2,1H3,(H,12,13,14);1H. The summed E-state index contributed by atoms with van der Waals surface area (Å²) >= 11 is 1.65. The Morgan fingerprint density at radius 3 is 2.88 bits per heavy atom. The van der Waals surface area contributed by atoms with Crippen molar-refractivity contribution in [3.8, 4) is 0 Å². The van der Waals surface area contributed by atoms with Gasteiger partial charge in [0.15, 0.2) is 5.13 Å². The normalized spacial score (nSPS) is 13.8. The largest absolute Gasteiger partial charge is 0.302 e. The summed E-state index contributed by atoms with van der Waals surface area (Å²) in [5.74, 6) is 0.0867. The molecule has 0 unspecified atom stereocenters. The molecule has 0 saturated heterocycles. The fourth-order valence-electron chi connectivity index (χ4n) is 1.81. The van der Waals surface area contributed by atoms with E-state index in [1.807, 2.05) is 6.92 Å². The van der Waals surface area contributed by atoms with Crippen LogP contribution < -0.4 is 5.32 Å². The number of hydrogen-bond acceptors (Lipinski definition) is 3. The molecule has 1 heterocycles. The molecule has 0 spiro atoms. The van der Waals surface area contributed by atoms with Gasteiger partial charge in [-0.2, -0.15) is 0 Å². The monoisotopic (exact) mass is 260 g/mol. The Bertz CT molecular complexity index is 341. The van der Waals surface area contributed by atoms with Gasteiger partial charge in [-0.25, -0.2) is 4.98 Å². The maximum Gasteiger partial charge on any atom is 0.226 e. The van der Waals surface area contributed by atoms with E-state index in [1.165, 1.54) is 23.4 Å². The number of rotatable bonds is 3. The van der Waals surface area contributed by atoms with Gasteiger partial charge in [-0.15, -0.1) is 23.7 Å². The van der Waals surface area contributed by atoms with E-state index in [0.717, 1.165) is 24.4 Å². The van der Waals surface area contributed by atoms with Gasteiger partial charge in [0.25, 0.3) is 0 Å². The Labute approximate surface area is 106 Å². The lowest BCUT2D eigenvalue weighted by Gasteiger charge is -2.06. The summed E-state index contributed by atoms with van der Waals surface area (Å²) in [5, 5.41) is 3.66. The highest BCUT2D eigenvalue weighted by Crippen LogP contribution is 2.29. The Hall–Kier alpha value is -0.610. The molecular formula is C11H17ClN2OS. The molecule has 5 heteroatoms. The van der Waals surface area contributed by atoms with Gasteiger partial charge in [-0.1, -0.05) is 6.92 Å². The van der Waals surface area contributed by atoms with Crippen LogP contribution in [0.25, 0.3) is 0 Å². The van der Waals surface area contributed by atoms with Gasteiger partial charge in [-0.05, 0) is 32.1 Å². The molecule has 0 aromatic carbocycles. The molecule has 1 amide bonds. The van der Waals surface area contributed by atoms with Crippen molar-refractivity contribution >= 4 is 34.8 Å². The van der Waals surface area contributed by atoms with Crippen LogP contribution in [0.1, 0.15) is 43.2 Å². The van der Waals surface area contributed by atoms with Crippen LogP contribution in [0.4, 0.5) is 5.13 Å². The van der Waals surface area contributed by atoms with Crippen LogP contribution in [0.15, 0.2) is 0 Å². The van der Waals surface area contributed by atoms with Crippen molar-refractivity contribution in [2.45, 2.75) is 45.4 Å². The van der Waals surface area contributed by atoms with Gasteiger partial charge in [0.2, 0.25) is 5.91 Å². The zero-order valence-corrected chi connectivity index (χ0v) is 11.0. The molecule has 0 fully saturated rings. The number of carbonyl (C=O) groups is 1. The number of amides is 1. The highest BCUT2D eigenvalue weighted by molar-refractivity contribution is 7.15. The maximum atomic E-state index is 11.4. The lowest BCUT2D eigenvalue weighted by Crippen LogP contribution is -2.10. The molecule has 90 valence electrons. The van der Waals surface area contributed by atoms with E-state index in [4.69, 9.17) is 0 Å². The number of aryl methyl sites for hydroxylation is 2. The second kappa shape index (κ2) is 6.21. The third kappa shape index (κ3) is 3.19. The SMILES string of the molecule is CCCC(=O)Nc1nc2c(s1)CCCC2.Cl. The minimum absolute atomic E-state index is 0. The van der Waals surface area contributed by atoms with Crippen molar-refractivity contribution in [1.82, 2.24) is 4.98 Å². The van der Waals surface area contributed by atoms with Crippen molar-refractivity contribution in [1.29, 1.82) is 0 Å². The molecule has 1 aliphatic rings. The molecule has 1 aromatic heterocycles. The summed E-state index contributed by atoms with van der Waals surface area (Å²) in [7, 11) is 0. The van der Waals surface area contributed by atoms with E-state index in [9.17, 15) is 4.79 Å². The van der Waals surface area contributed by atoms with Gasteiger partial charge in [0.05, 0.1) is 5.69 Å². The Balaban J connectivity index is 0.00000128. The molecule has 0 saturated carbocycles. The molecule has 16 heavy (non-hydrogen) atoms. The van der Waals surface area contributed by atoms with Crippen LogP contribution in [0.5, 0.6) is 0 Å². The summed E-state index contributed by atoms with van der Waals surface area (Å²) in [6, 6.07) is 0. The number of aromatic nitrogens is 1. The predicted octanol–water partition coefficient (Wildman–Crippen LogP) is 3.18. The van der Waals surface area contributed by atoms with E-state index < -0.39 is 0 Å². The van der Waals surface area contributed by atoms with Crippen LogP contribution in [0.3, 0.4) is 0 Å². The van der Waals surface area contributed by atoms with Gasteiger partial charge in [0, 0.05) is 11.3 Å². The zero-order chi connectivity index (χ0) is 10.7.